The number of ether oxygens (including phenoxy) is 2. The van der Waals surface area contributed by atoms with Gasteiger partial charge in [0.1, 0.15) is 11.7 Å². The number of hydrogen-bond donors (Lipinski definition) is 1. The van der Waals surface area contributed by atoms with Crippen molar-refractivity contribution < 1.29 is 29.0 Å². The van der Waals surface area contributed by atoms with E-state index < -0.39 is 29.9 Å². The molecule has 0 aliphatic rings. The lowest BCUT2D eigenvalue weighted by Gasteiger charge is -2.25. The summed E-state index contributed by atoms with van der Waals surface area (Å²) in [6.07, 6.45) is 3.42. The number of carbonyl (C=O) groups excluding carboxylic acids is 2. The monoisotopic (exact) mass is 498 g/mol. The number of imidazole rings is 1. The molecule has 3 rings (SSSR count). The van der Waals surface area contributed by atoms with Crippen LogP contribution in [0.4, 0.5) is 0 Å². The van der Waals surface area contributed by atoms with Crippen LogP contribution in [0.2, 0.25) is 0 Å². The van der Waals surface area contributed by atoms with E-state index in [9.17, 15) is 19.5 Å². The number of aromatic nitrogens is 2. The summed E-state index contributed by atoms with van der Waals surface area (Å²) in [5.74, 6) is -2.21. The highest BCUT2D eigenvalue weighted by molar-refractivity contribution is 7.09. The first kappa shape index (κ1) is 26.2. The van der Waals surface area contributed by atoms with Crippen molar-refractivity contribution in [2.24, 2.45) is 5.92 Å². The molecule has 0 saturated carbocycles. The van der Waals surface area contributed by atoms with Gasteiger partial charge < -0.3 is 19.1 Å². The van der Waals surface area contributed by atoms with Crippen LogP contribution in [-0.2, 0) is 38.4 Å². The summed E-state index contributed by atoms with van der Waals surface area (Å²) in [6, 6.07) is 10.7. The van der Waals surface area contributed by atoms with E-state index in [4.69, 9.17) is 9.47 Å². The number of carboxylic acids is 1. The topological polar surface area (TPSA) is 108 Å². The summed E-state index contributed by atoms with van der Waals surface area (Å²) in [4.78, 5) is 41.7. The molecule has 2 heterocycles. The third-order valence-electron chi connectivity index (χ3n) is 5.71. The second-order valence-electron chi connectivity index (χ2n) is 8.24. The lowest BCUT2D eigenvalue weighted by atomic mass is 9.95. The Kier molecular flexibility index (Phi) is 9.19. The molecule has 2 unspecified atom stereocenters. The third kappa shape index (κ3) is 6.79. The Bertz CT molecular complexity index is 1140. The molecule has 35 heavy (non-hydrogen) atoms. The zero-order valence-corrected chi connectivity index (χ0v) is 20.9. The lowest BCUT2D eigenvalue weighted by Crippen LogP contribution is -2.29. The quantitative estimate of drug-likeness (QED) is 0.362. The Morgan fingerprint density at radius 2 is 1.91 bits per heavy atom. The van der Waals surface area contributed by atoms with E-state index >= 15 is 0 Å². The van der Waals surface area contributed by atoms with Crippen molar-refractivity contribution in [3.8, 4) is 0 Å². The van der Waals surface area contributed by atoms with Crippen molar-refractivity contribution in [3.63, 3.8) is 0 Å². The third-order valence-corrected chi connectivity index (χ3v) is 6.61. The fourth-order valence-electron chi connectivity index (χ4n) is 3.92. The molecule has 0 spiro atoms. The van der Waals surface area contributed by atoms with Crippen molar-refractivity contribution in [2.45, 2.75) is 52.2 Å². The van der Waals surface area contributed by atoms with Crippen LogP contribution in [-0.4, -0.2) is 39.7 Å². The Hall–Kier alpha value is -3.46. The number of unbranched alkanes of at least 4 members (excludes halogenated alkanes) is 1. The van der Waals surface area contributed by atoms with Crippen molar-refractivity contribution in [3.05, 3.63) is 75.5 Å². The standard InChI is InChI=1S/C26H30N2O6S/c1-4-5-8-23-27-15-22(28(23)16-18-9-11-19(12-10-18)26(32)33-3)24(34-17(2)29)21(25(30)31)14-20-7-6-13-35-20/h6-7,9-13,15,21,24H,4-5,8,14,16H2,1-3H3,(H,30,31). The molecular formula is C26H30N2O6S. The maximum atomic E-state index is 12.3. The van der Waals surface area contributed by atoms with Gasteiger partial charge in [0.05, 0.1) is 24.6 Å². The molecule has 0 radical (unpaired) electrons. The van der Waals surface area contributed by atoms with Crippen LogP contribution in [0.3, 0.4) is 0 Å². The maximum Gasteiger partial charge on any atom is 0.337 e. The molecular weight excluding hydrogens is 468 g/mol. The van der Waals surface area contributed by atoms with Gasteiger partial charge in [0, 0.05) is 24.8 Å². The number of methoxy groups -OCH3 is 1. The molecule has 0 amide bonds. The average molecular weight is 499 g/mol. The normalized spacial score (nSPS) is 12.7. The molecule has 1 N–H and O–H groups in total. The van der Waals surface area contributed by atoms with Gasteiger partial charge in [-0.3, -0.25) is 9.59 Å². The van der Waals surface area contributed by atoms with Crippen molar-refractivity contribution in [1.82, 2.24) is 9.55 Å². The first-order valence-corrected chi connectivity index (χ1v) is 12.4. The smallest absolute Gasteiger partial charge is 0.337 e. The number of carbonyl (C=O) groups is 3. The van der Waals surface area contributed by atoms with Crippen LogP contribution in [0, 0.1) is 5.92 Å². The highest BCUT2D eigenvalue weighted by Gasteiger charge is 2.35. The van der Waals surface area contributed by atoms with Crippen LogP contribution < -0.4 is 0 Å². The molecule has 3 aromatic rings. The molecule has 0 aliphatic carbocycles. The van der Waals surface area contributed by atoms with Crippen LogP contribution in [0.5, 0.6) is 0 Å². The highest BCUT2D eigenvalue weighted by atomic mass is 32.1. The van der Waals surface area contributed by atoms with Gasteiger partial charge in [-0.2, -0.15) is 0 Å². The van der Waals surface area contributed by atoms with Crippen molar-refractivity contribution in [2.75, 3.05) is 7.11 Å². The molecule has 0 fully saturated rings. The minimum absolute atomic E-state index is 0.230. The fourth-order valence-corrected chi connectivity index (χ4v) is 4.68. The molecule has 8 nitrogen and oxygen atoms in total. The van der Waals surface area contributed by atoms with Gasteiger partial charge in [0.25, 0.3) is 0 Å². The van der Waals surface area contributed by atoms with E-state index in [0.717, 1.165) is 29.1 Å². The van der Waals surface area contributed by atoms with Gasteiger partial charge >= 0.3 is 17.9 Å². The van der Waals surface area contributed by atoms with Gasteiger partial charge in [-0.25, -0.2) is 9.78 Å². The number of rotatable bonds is 12. The number of esters is 2. The van der Waals surface area contributed by atoms with Gasteiger partial charge in [0.15, 0.2) is 6.10 Å². The number of aliphatic carboxylic acids is 1. The zero-order valence-electron chi connectivity index (χ0n) is 20.1. The van der Waals surface area contributed by atoms with E-state index in [1.165, 1.54) is 25.4 Å². The second kappa shape index (κ2) is 12.3. The summed E-state index contributed by atoms with van der Waals surface area (Å²) in [5.41, 5.74) is 1.86. The molecule has 2 aromatic heterocycles. The minimum atomic E-state index is -1.05. The largest absolute Gasteiger partial charge is 0.481 e. The molecule has 0 aliphatic heterocycles. The van der Waals surface area contributed by atoms with Gasteiger partial charge in [-0.05, 0) is 42.0 Å². The number of carboxylic acid groups (broad SMARTS) is 1. The number of nitrogens with zero attached hydrogens (tertiary/aromatic N) is 2. The van der Waals surface area contributed by atoms with Crippen molar-refractivity contribution >= 4 is 29.2 Å². The van der Waals surface area contributed by atoms with Crippen LogP contribution in [0.15, 0.2) is 48.0 Å². The average Bonchev–Trinajstić information content (AvgIpc) is 3.49. The fraction of sp³-hybridized carbons (Fsp3) is 0.385. The number of thiophene rings is 1. The Morgan fingerprint density at radius 1 is 1.17 bits per heavy atom. The molecule has 0 saturated heterocycles. The molecule has 1 aromatic carbocycles. The van der Waals surface area contributed by atoms with E-state index in [1.807, 2.05) is 34.2 Å². The van der Waals surface area contributed by atoms with Crippen LogP contribution in [0.25, 0.3) is 0 Å². The molecule has 9 heteroatoms. The SMILES string of the molecule is CCCCc1ncc(C(OC(C)=O)C(Cc2cccs2)C(=O)O)n1Cc1ccc(C(=O)OC)cc1. The minimum Gasteiger partial charge on any atom is -0.481 e. The van der Waals surface area contributed by atoms with E-state index in [1.54, 1.807) is 18.3 Å². The molecule has 186 valence electrons. The number of hydrogen-bond acceptors (Lipinski definition) is 7. The first-order chi connectivity index (χ1) is 16.8. The van der Waals surface area contributed by atoms with Gasteiger partial charge in [-0.1, -0.05) is 31.5 Å². The Labute approximate surface area is 208 Å². The van der Waals surface area contributed by atoms with Gasteiger partial charge in [-0.15, -0.1) is 11.3 Å². The lowest BCUT2D eigenvalue weighted by molar-refractivity contribution is -0.158. The summed E-state index contributed by atoms with van der Waals surface area (Å²) in [6.45, 7) is 3.75. The number of aryl methyl sites for hydroxylation is 1. The number of benzene rings is 1. The first-order valence-electron chi connectivity index (χ1n) is 11.5. The van der Waals surface area contributed by atoms with E-state index in [-0.39, 0.29) is 6.42 Å². The molecule has 2 atom stereocenters. The van der Waals surface area contributed by atoms with Crippen LogP contribution in [0.1, 0.15) is 65.1 Å². The maximum absolute atomic E-state index is 12.3. The van der Waals surface area contributed by atoms with Crippen molar-refractivity contribution in [1.29, 1.82) is 0 Å². The van der Waals surface area contributed by atoms with E-state index in [2.05, 4.69) is 11.9 Å². The zero-order chi connectivity index (χ0) is 25.4. The summed E-state index contributed by atoms with van der Waals surface area (Å²) in [7, 11) is 1.33. The predicted octanol–water partition coefficient (Wildman–Crippen LogP) is 4.67. The highest BCUT2D eigenvalue weighted by Crippen LogP contribution is 2.32. The Balaban J connectivity index is 2.02. The summed E-state index contributed by atoms with van der Waals surface area (Å²) >= 11 is 1.46. The Morgan fingerprint density at radius 3 is 2.49 bits per heavy atom. The molecule has 0 bridgehead atoms. The predicted molar refractivity (Wildman–Crippen MR) is 131 cm³/mol. The van der Waals surface area contributed by atoms with Crippen LogP contribution >= 0.6 is 11.3 Å². The second-order valence-corrected chi connectivity index (χ2v) is 9.27. The summed E-state index contributed by atoms with van der Waals surface area (Å²) in [5, 5.41) is 12.0. The van der Waals surface area contributed by atoms with Gasteiger partial charge in [0.2, 0.25) is 0 Å². The summed E-state index contributed by atoms with van der Waals surface area (Å²) < 4.78 is 12.3. The van der Waals surface area contributed by atoms with E-state index in [0.29, 0.717) is 24.2 Å².